The number of rotatable bonds is 9. The normalized spacial score (nSPS) is 12.2. The molecule has 0 atom stereocenters. The molecular formula is C19H38IN7O3. The van der Waals surface area contributed by atoms with E-state index in [1.807, 2.05) is 53.2 Å². The minimum atomic E-state index is -0.544. The van der Waals surface area contributed by atoms with Crippen LogP contribution in [-0.4, -0.2) is 64.8 Å². The third-order valence-electron chi connectivity index (χ3n) is 3.92. The highest BCUT2D eigenvalue weighted by atomic mass is 127. The number of nitrogens with zero attached hydrogens (tertiary/aromatic N) is 4. The van der Waals surface area contributed by atoms with Crippen molar-refractivity contribution in [2.45, 2.75) is 65.6 Å². The highest BCUT2D eigenvalue weighted by Gasteiger charge is 2.24. The fourth-order valence-electron chi connectivity index (χ4n) is 2.26. The molecule has 1 amide bonds. The molecule has 30 heavy (non-hydrogen) atoms. The van der Waals surface area contributed by atoms with Crippen molar-refractivity contribution < 1.29 is 14.3 Å². The molecule has 10 nitrogen and oxygen atoms in total. The van der Waals surface area contributed by atoms with Gasteiger partial charge in [-0.2, -0.15) is 0 Å². The number of hydrogen-bond acceptors (Lipinski definition) is 6. The van der Waals surface area contributed by atoms with Gasteiger partial charge in [-0.25, -0.2) is 9.79 Å². The Balaban J connectivity index is 0.00000841. The maximum atomic E-state index is 12.1. The zero-order valence-corrected chi connectivity index (χ0v) is 21.8. The Hall–Kier alpha value is -1.63. The van der Waals surface area contributed by atoms with E-state index in [0.29, 0.717) is 32.2 Å². The summed E-state index contributed by atoms with van der Waals surface area (Å²) < 4.78 is 12.3. The number of aryl methyl sites for hydroxylation is 1. The van der Waals surface area contributed by atoms with Gasteiger partial charge in [-0.3, -0.25) is 0 Å². The zero-order valence-electron chi connectivity index (χ0n) is 19.5. The van der Waals surface area contributed by atoms with E-state index in [0.717, 1.165) is 18.1 Å². The lowest BCUT2D eigenvalue weighted by atomic mass is 10.1. The van der Waals surface area contributed by atoms with E-state index in [1.54, 1.807) is 7.11 Å². The lowest BCUT2D eigenvalue weighted by Gasteiger charge is -2.29. The van der Waals surface area contributed by atoms with Crippen molar-refractivity contribution in [2.75, 3.05) is 26.8 Å². The Kier molecular flexibility index (Phi) is 12.2. The van der Waals surface area contributed by atoms with Gasteiger partial charge in [0.25, 0.3) is 0 Å². The smallest absolute Gasteiger partial charge is 0.408 e. The van der Waals surface area contributed by atoms with Crippen LogP contribution in [0.2, 0.25) is 0 Å². The molecule has 0 saturated carbocycles. The van der Waals surface area contributed by atoms with Crippen molar-refractivity contribution >= 4 is 36.0 Å². The summed E-state index contributed by atoms with van der Waals surface area (Å²) in [5, 5.41) is 17.6. The Morgan fingerprint density at radius 1 is 1.17 bits per heavy atom. The van der Waals surface area contributed by atoms with E-state index in [2.05, 4.69) is 31.1 Å². The number of hydrogen-bond donors (Lipinski definition) is 3. The monoisotopic (exact) mass is 539 g/mol. The summed E-state index contributed by atoms with van der Waals surface area (Å²) in [6.07, 6.45) is 0.394. The molecule has 1 aromatic rings. The second kappa shape index (κ2) is 12.9. The number of alkyl carbamates (subject to hydrolysis) is 1. The first kappa shape index (κ1) is 28.4. The first-order chi connectivity index (χ1) is 13.4. The summed E-state index contributed by atoms with van der Waals surface area (Å²) in [6, 6.07) is 0. The van der Waals surface area contributed by atoms with Crippen LogP contribution in [0, 0.1) is 6.92 Å². The molecule has 0 fully saturated rings. The molecule has 0 aliphatic rings. The first-order valence-electron chi connectivity index (χ1n) is 9.80. The Morgan fingerprint density at radius 2 is 1.83 bits per heavy atom. The second-order valence-corrected chi connectivity index (χ2v) is 8.52. The van der Waals surface area contributed by atoms with E-state index in [1.165, 1.54) is 0 Å². The quantitative estimate of drug-likeness (QED) is 0.191. The molecule has 0 radical (unpaired) electrons. The Labute approximate surface area is 197 Å². The number of guanidine groups is 1. The summed E-state index contributed by atoms with van der Waals surface area (Å²) in [5.41, 5.74) is -1.09. The molecule has 3 N–H and O–H groups in total. The van der Waals surface area contributed by atoms with Gasteiger partial charge in [0.05, 0.1) is 5.54 Å². The largest absolute Gasteiger partial charge is 0.444 e. The maximum Gasteiger partial charge on any atom is 0.408 e. The van der Waals surface area contributed by atoms with Gasteiger partial charge in [0.2, 0.25) is 0 Å². The molecule has 0 aliphatic heterocycles. The van der Waals surface area contributed by atoms with Gasteiger partial charge in [-0.15, -0.1) is 34.2 Å². The maximum absolute atomic E-state index is 12.1. The van der Waals surface area contributed by atoms with Crippen LogP contribution >= 0.6 is 24.0 Å². The van der Waals surface area contributed by atoms with Gasteiger partial charge in [-0.1, -0.05) is 0 Å². The minimum absolute atomic E-state index is 0. The van der Waals surface area contributed by atoms with Gasteiger partial charge in [-0.05, 0) is 48.0 Å². The lowest BCUT2D eigenvalue weighted by molar-refractivity contribution is 0.0474. The topological polar surface area (TPSA) is 115 Å². The van der Waals surface area contributed by atoms with Crippen LogP contribution in [0.5, 0.6) is 0 Å². The fourth-order valence-corrected chi connectivity index (χ4v) is 2.26. The van der Waals surface area contributed by atoms with Crippen LogP contribution in [0.4, 0.5) is 4.79 Å². The van der Waals surface area contributed by atoms with Crippen molar-refractivity contribution in [3.05, 3.63) is 11.6 Å². The number of ether oxygens (including phenoxy) is 2. The van der Waals surface area contributed by atoms with E-state index >= 15 is 0 Å². The predicted molar refractivity (Wildman–Crippen MR) is 128 cm³/mol. The molecule has 0 aliphatic carbocycles. The number of methoxy groups -OCH3 is 1. The van der Waals surface area contributed by atoms with E-state index in [-0.39, 0.29) is 24.0 Å². The summed E-state index contributed by atoms with van der Waals surface area (Å²) in [7, 11) is 3.59. The SMILES string of the molecule is COCCCNC(=NCc1nnc(C)n1C)NCC(C)(C)NC(=O)OC(C)(C)C.I. The number of nitrogens with one attached hydrogen (secondary N) is 3. The summed E-state index contributed by atoms with van der Waals surface area (Å²) in [6.45, 7) is 13.4. The van der Waals surface area contributed by atoms with E-state index in [9.17, 15) is 4.79 Å². The third-order valence-corrected chi connectivity index (χ3v) is 3.92. The van der Waals surface area contributed by atoms with Crippen LogP contribution in [0.1, 0.15) is 52.7 Å². The van der Waals surface area contributed by atoms with Crippen molar-refractivity contribution in [1.29, 1.82) is 0 Å². The van der Waals surface area contributed by atoms with Crippen molar-refractivity contribution in [1.82, 2.24) is 30.7 Å². The van der Waals surface area contributed by atoms with E-state index in [4.69, 9.17) is 9.47 Å². The number of carbonyl (C=O) groups excluding carboxylic acids is 1. The number of aromatic nitrogens is 3. The molecule has 174 valence electrons. The van der Waals surface area contributed by atoms with Crippen LogP contribution in [0.15, 0.2) is 4.99 Å². The fraction of sp³-hybridized carbons (Fsp3) is 0.789. The Morgan fingerprint density at radius 3 is 2.37 bits per heavy atom. The van der Waals surface area contributed by atoms with Crippen molar-refractivity contribution in [3.8, 4) is 0 Å². The molecule has 1 heterocycles. The molecule has 1 rings (SSSR count). The molecule has 0 spiro atoms. The average Bonchev–Trinajstić information content (AvgIpc) is 2.90. The van der Waals surface area contributed by atoms with Crippen LogP contribution in [-0.2, 0) is 23.1 Å². The highest BCUT2D eigenvalue weighted by molar-refractivity contribution is 14.0. The van der Waals surface area contributed by atoms with E-state index < -0.39 is 17.2 Å². The Bertz CT molecular complexity index is 684. The highest BCUT2D eigenvalue weighted by Crippen LogP contribution is 2.09. The van der Waals surface area contributed by atoms with Gasteiger partial charge in [0.15, 0.2) is 11.8 Å². The summed E-state index contributed by atoms with van der Waals surface area (Å²) in [5.74, 6) is 2.23. The average molecular weight is 539 g/mol. The third kappa shape index (κ3) is 11.5. The molecule has 1 aromatic heterocycles. The molecule has 0 unspecified atom stereocenters. The van der Waals surface area contributed by atoms with Gasteiger partial charge in [0, 0.05) is 33.9 Å². The summed E-state index contributed by atoms with van der Waals surface area (Å²) >= 11 is 0. The lowest BCUT2D eigenvalue weighted by Crippen LogP contribution is -2.54. The standard InChI is InChI=1S/C19H37N7O3.HI/c1-14-24-25-15(26(14)7)12-21-16(20-10-9-11-28-8)22-13-19(5,6)23-17(27)29-18(2,3)4;/h9-13H2,1-8H3,(H,23,27)(H2,20,21,22);1H. The zero-order chi connectivity index (χ0) is 22.1. The summed E-state index contributed by atoms with van der Waals surface area (Å²) in [4.78, 5) is 16.7. The van der Waals surface area contributed by atoms with Crippen molar-refractivity contribution in [2.24, 2.45) is 12.0 Å². The van der Waals surface area contributed by atoms with Crippen LogP contribution in [0.25, 0.3) is 0 Å². The van der Waals surface area contributed by atoms with Crippen LogP contribution in [0.3, 0.4) is 0 Å². The molecule has 0 bridgehead atoms. The number of aliphatic imine (C=N–C) groups is 1. The van der Waals surface area contributed by atoms with Gasteiger partial charge in [0.1, 0.15) is 18.0 Å². The molecule has 0 saturated heterocycles. The minimum Gasteiger partial charge on any atom is -0.444 e. The molecule has 0 aromatic carbocycles. The van der Waals surface area contributed by atoms with Gasteiger partial charge < -0.3 is 30.0 Å². The van der Waals surface area contributed by atoms with Crippen LogP contribution < -0.4 is 16.0 Å². The predicted octanol–water partition coefficient (Wildman–Crippen LogP) is 2.12. The molecular weight excluding hydrogens is 501 g/mol. The first-order valence-corrected chi connectivity index (χ1v) is 9.80. The number of amides is 1. The number of halogens is 1. The van der Waals surface area contributed by atoms with Crippen molar-refractivity contribution in [3.63, 3.8) is 0 Å². The molecule has 11 heteroatoms. The number of carbonyl (C=O) groups is 1. The second-order valence-electron chi connectivity index (χ2n) is 8.52. The van der Waals surface area contributed by atoms with Gasteiger partial charge >= 0.3 is 6.09 Å².